The van der Waals surface area contributed by atoms with Crippen LogP contribution in [0.4, 0.5) is 9.18 Å². The topological polar surface area (TPSA) is 81.4 Å². The van der Waals surface area contributed by atoms with Crippen molar-refractivity contribution in [3.8, 4) is 17.2 Å². The number of benzene rings is 3. The number of halogens is 1. The number of aryl methyl sites for hydroxylation is 1. The van der Waals surface area contributed by atoms with E-state index in [1.807, 2.05) is 42.0 Å². The summed E-state index contributed by atoms with van der Waals surface area (Å²) in [5.41, 5.74) is 3.23. The number of carbonyl (C=O) groups is 1. The fourth-order valence-electron chi connectivity index (χ4n) is 5.51. The third-order valence-corrected chi connectivity index (χ3v) is 7.63. The number of hydrogen-bond acceptors (Lipinski definition) is 7. The summed E-state index contributed by atoms with van der Waals surface area (Å²) >= 11 is 0. The van der Waals surface area contributed by atoms with E-state index in [1.54, 1.807) is 56.9 Å². The van der Waals surface area contributed by atoms with Crippen LogP contribution in [0.1, 0.15) is 29.7 Å². The Morgan fingerprint density at radius 1 is 1.14 bits per heavy atom. The second-order valence-corrected chi connectivity index (χ2v) is 10.6. The van der Waals surface area contributed by atoms with Gasteiger partial charge in [-0.05, 0) is 85.5 Å². The van der Waals surface area contributed by atoms with Crippen molar-refractivity contribution < 1.29 is 23.5 Å². The third-order valence-electron chi connectivity index (χ3n) is 7.63. The van der Waals surface area contributed by atoms with E-state index in [4.69, 9.17) is 14.3 Å². The zero-order valence-electron chi connectivity index (χ0n) is 24.2. The molecule has 0 unspecified atom stereocenters. The zero-order valence-corrected chi connectivity index (χ0v) is 24.2. The highest BCUT2D eigenvalue weighted by molar-refractivity contribution is 6.03. The number of amidine groups is 1. The number of hydrogen-bond donors (Lipinski definition) is 0. The highest BCUT2D eigenvalue weighted by atomic mass is 19.1. The van der Waals surface area contributed by atoms with Crippen LogP contribution in [-0.2, 0) is 10.6 Å². The van der Waals surface area contributed by atoms with E-state index in [0.717, 1.165) is 35.4 Å². The van der Waals surface area contributed by atoms with E-state index in [0.29, 0.717) is 29.4 Å². The average molecular weight is 582 g/mol. The van der Waals surface area contributed by atoms with Crippen LogP contribution >= 0.6 is 0 Å². The van der Waals surface area contributed by atoms with Gasteiger partial charge in [-0.1, -0.05) is 29.4 Å². The van der Waals surface area contributed by atoms with Crippen LogP contribution in [-0.4, -0.2) is 58.5 Å². The molecule has 0 saturated carbocycles. The van der Waals surface area contributed by atoms with Gasteiger partial charge in [-0.3, -0.25) is 0 Å². The number of aromatic nitrogens is 2. The smallest absolute Gasteiger partial charge is 0.415 e. The second-order valence-electron chi connectivity index (χ2n) is 10.6. The molecule has 6 rings (SSSR count). The fourth-order valence-corrected chi connectivity index (χ4v) is 5.51. The van der Waals surface area contributed by atoms with E-state index in [1.165, 1.54) is 17.0 Å². The monoisotopic (exact) mass is 581 g/mol. The molecule has 1 amide bonds. The number of ether oxygens (including phenoxy) is 2. The maximum absolute atomic E-state index is 14.0. The molecule has 43 heavy (non-hydrogen) atoms. The van der Waals surface area contributed by atoms with Crippen molar-refractivity contribution in [2.24, 2.45) is 5.16 Å². The van der Waals surface area contributed by atoms with Crippen LogP contribution in [0.25, 0.3) is 11.8 Å². The SMILES string of the molecule is COc1cc(/C=C2\CCCN3C2=NO[C@]3(CN(C)C(=O)Oc2ccccc2)c2ccc(F)cc2)ccc1-n1cnc(C)c1. The first kappa shape index (κ1) is 28.0. The van der Waals surface area contributed by atoms with E-state index in [9.17, 15) is 9.18 Å². The van der Waals surface area contributed by atoms with Gasteiger partial charge in [-0.15, -0.1) is 0 Å². The maximum Gasteiger partial charge on any atom is 0.415 e. The number of imidazole rings is 1. The van der Waals surface area contributed by atoms with E-state index in [2.05, 4.69) is 21.1 Å². The Kier molecular flexibility index (Phi) is 7.58. The lowest BCUT2D eigenvalue weighted by Crippen LogP contribution is -2.55. The number of likely N-dealkylation sites (N-methyl/N-ethyl adjacent to an activating group) is 1. The number of nitrogens with zero attached hydrogens (tertiary/aromatic N) is 5. The molecule has 3 aromatic carbocycles. The summed E-state index contributed by atoms with van der Waals surface area (Å²) < 4.78 is 27.2. The molecule has 4 aromatic rings. The minimum atomic E-state index is -1.17. The molecule has 0 spiro atoms. The van der Waals surface area contributed by atoms with E-state index >= 15 is 0 Å². The van der Waals surface area contributed by atoms with Crippen LogP contribution in [0.15, 0.2) is 96.0 Å². The third kappa shape index (κ3) is 5.55. The Bertz CT molecular complexity index is 1690. The molecule has 1 atom stereocenters. The predicted octanol–water partition coefficient (Wildman–Crippen LogP) is 6.14. The number of para-hydroxylation sites is 1. The van der Waals surface area contributed by atoms with Crippen molar-refractivity contribution in [2.45, 2.75) is 25.5 Å². The molecule has 1 fully saturated rings. The fraction of sp³-hybridized carbons (Fsp3) is 0.242. The molecule has 10 heteroatoms. The summed E-state index contributed by atoms with van der Waals surface area (Å²) in [5.74, 6) is 1.46. The molecule has 2 aliphatic heterocycles. The molecular formula is C33H32FN5O4. The molecule has 1 saturated heterocycles. The second kappa shape index (κ2) is 11.6. The number of piperidine rings is 1. The summed E-state index contributed by atoms with van der Waals surface area (Å²) in [6, 6.07) is 21.0. The summed E-state index contributed by atoms with van der Waals surface area (Å²) in [7, 11) is 3.29. The van der Waals surface area contributed by atoms with Gasteiger partial charge < -0.3 is 28.7 Å². The number of methoxy groups -OCH3 is 1. The van der Waals surface area contributed by atoms with Crippen LogP contribution < -0.4 is 9.47 Å². The molecule has 3 heterocycles. The van der Waals surface area contributed by atoms with Crippen molar-refractivity contribution in [2.75, 3.05) is 27.2 Å². The summed E-state index contributed by atoms with van der Waals surface area (Å²) in [6.07, 6.45) is 6.86. The summed E-state index contributed by atoms with van der Waals surface area (Å²) in [4.78, 5) is 27.2. The average Bonchev–Trinajstić information content (AvgIpc) is 3.62. The van der Waals surface area contributed by atoms with E-state index < -0.39 is 11.8 Å². The number of carbonyl (C=O) groups excluding carboxylic acids is 1. The first-order valence-corrected chi connectivity index (χ1v) is 14.0. The normalized spacial score (nSPS) is 18.6. The van der Waals surface area contributed by atoms with Crippen molar-refractivity contribution in [3.05, 3.63) is 114 Å². The largest absolute Gasteiger partial charge is 0.495 e. The Labute approximate surface area is 249 Å². The lowest BCUT2D eigenvalue weighted by molar-refractivity contribution is -0.118. The predicted molar refractivity (Wildman–Crippen MR) is 160 cm³/mol. The Morgan fingerprint density at radius 2 is 1.93 bits per heavy atom. The minimum Gasteiger partial charge on any atom is -0.495 e. The van der Waals surface area contributed by atoms with Crippen LogP contribution in [0.3, 0.4) is 0 Å². The van der Waals surface area contributed by atoms with Crippen molar-refractivity contribution in [1.82, 2.24) is 19.4 Å². The van der Waals surface area contributed by atoms with Gasteiger partial charge in [0.25, 0.3) is 5.72 Å². The molecule has 0 N–H and O–H groups in total. The number of amides is 1. The zero-order chi connectivity index (χ0) is 30.0. The molecule has 0 bridgehead atoms. The van der Waals surface area contributed by atoms with Crippen molar-refractivity contribution >= 4 is 18.0 Å². The van der Waals surface area contributed by atoms with Crippen LogP contribution in [0.5, 0.6) is 11.5 Å². The first-order valence-electron chi connectivity index (χ1n) is 14.0. The molecule has 9 nitrogen and oxygen atoms in total. The summed E-state index contributed by atoms with van der Waals surface area (Å²) in [6.45, 7) is 2.67. The van der Waals surface area contributed by atoms with E-state index in [-0.39, 0.29) is 12.4 Å². The highest BCUT2D eigenvalue weighted by Crippen LogP contribution is 2.41. The van der Waals surface area contributed by atoms with Gasteiger partial charge >= 0.3 is 6.09 Å². The number of oxime groups is 1. The molecule has 0 aliphatic carbocycles. The van der Waals surface area contributed by atoms with Crippen LogP contribution in [0.2, 0.25) is 0 Å². The van der Waals surface area contributed by atoms with Gasteiger partial charge in [-0.2, -0.15) is 0 Å². The lowest BCUT2D eigenvalue weighted by Gasteiger charge is -2.41. The molecule has 1 aromatic heterocycles. The summed E-state index contributed by atoms with van der Waals surface area (Å²) in [5, 5.41) is 4.55. The quantitative estimate of drug-likeness (QED) is 0.261. The Balaban J connectivity index is 1.30. The number of rotatable bonds is 7. The number of fused-ring (bicyclic) bond motifs is 1. The van der Waals surface area contributed by atoms with Crippen molar-refractivity contribution in [1.29, 1.82) is 0 Å². The molecule has 2 aliphatic rings. The molecule has 220 valence electrons. The molecule has 0 radical (unpaired) electrons. The maximum atomic E-state index is 14.0. The van der Waals surface area contributed by atoms with Gasteiger partial charge in [0.2, 0.25) is 0 Å². The first-order chi connectivity index (χ1) is 20.9. The van der Waals surface area contributed by atoms with Crippen LogP contribution in [0, 0.1) is 12.7 Å². The standard InChI is InChI=1S/C33H32FN5O4/c1-23-20-38(22-35-23)29-16-11-24(19-30(29)41-3)18-25-8-7-17-39-31(25)36-43-33(39,26-12-14-27(34)15-13-26)21-37(2)32(40)42-28-9-5-4-6-10-28/h4-6,9-16,18-20,22H,7-8,17,21H2,1-3H3/b25-18+/t33-/m1/s1. The Hall–Kier alpha value is -5.12. The van der Waals surface area contributed by atoms with Gasteiger partial charge in [0, 0.05) is 25.4 Å². The minimum absolute atomic E-state index is 0.0947. The van der Waals surface area contributed by atoms with Gasteiger partial charge in [0.05, 0.1) is 31.4 Å². The Morgan fingerprint density at radius 3 is 2.65 bits per heavy atom. The highest BCUT2D eigenvalue weighted by Gasteiger charge is 2.51. The molecular weight excluding hydrogens is 549 g/mol. The van der Waals surface area contributed by atoms with Gasteiger partial charge in [-0.25, -0.2) is 14.2 Å². The van der Waals surface area contributed by atoms with Gasteiger partial charge in [0.1, 0.15) is 17.3 Å². The van der Waals surface area contributed by atoms with Gasteiger partial charge in [0.15, 0.2) is 5.84 Å². The van der Waals surface area contributed by atoms with Crippen molar-refractivity contribution in [3.63, 3.8) is 0 Å². The lowest BCUT2D eigenvalue weighted by atomic mass is 9.94.